The SMILES string of the molecule is CC(SCc1csc(-c2ccccc2)n1)C(=O)Nc1c(F)cccc1F. The zero-order valence-corrected chi connectivity index (χ0v) is 15.5. The number of thioether (sulfide) groups is 1. The van der Waals surface area contributed by atoms with Crippen LogP contribution in [-0.2, 0) is 10.5 Å². The summed E-state index contributed by atoms with van der Waals surface area (Å²) in [6, 6.07) is 13.3. The van der Waals surface area contributed by atoms with Crippen molar-refractivity contribution in [1.29, 1.82) is 0 Å². The van der Waals surface area contributed by atoms with Crippen molar-refractivity contribution in [3.63, 3.8) is 0 Å². The van der Waals surface area contributed by atoms with E-state index in [0.29, 0.717) is 5.75 Å². The van der Waals surface area contributed by atoms with Crippen LogP contribution in [0, 0.1) is 11.6 Å². The van der Waals surface area contributed by atoms with Crippen molar-refractivity contribution in [1.82, 2.24) is 4.98 Å². The molecule has 1 atom stereocenters. The number of thiazole rings is 1. The Morgan fingerprint density at radius 1 is 1.15 bits per heavy atom. The number of carbonyl (C=O) groups is 1. The second-order valence-corrected chi connectivity index (χ2v) is 7.74. The second-order valence-electron chi connectivity index (χ2n) is 5.55. The largest absolute Gasteiger partial charge is 0.320 e. The van der Waals surface area contributed by atoms with Gasteiger partial charge in [-0.2, -0.15) is 0 Å². The van der Waals surface area contributed by atoms with Crippen LogP contribution in [0.2, 0.25) is 0 Å². The summed E-state index contributed by atoms with van der Waals surface area (Å²) in [7, 11) is 0. The van der Waals surface area contributed by atoms with Gasteiger partial charge in [-0.05, 0) is 19.1 Å². The van der Waals surface area contributed by atoms with Crippen LogP contribution in [0.25, 0.3) is 10.6 Å². The summed E-state index contributed by atoms with van der Waals surface area (Å²) >= 11 is 2.91. The number of hydrogen-bond acceptors (Lipinski definition) is 4. The van der Waals surface area contributed by atoms with Crippen LogP contribution in [0.3, 0.4) is 0 Å². The zero-order chi connectivity index (χ0) is 18.5. The van der Waals surface area contributed by atoms with Crippen LogP contribution in [-0.4, -0.2) is 16.1 Å². The number of halogens is 2. The number of nitrogens with zero attached hydrogens (tertiary/aromatic N) is 1. The van der Waals surface area contributed by atoms with Crippen molar-refractivity contribution in [2.24, 2.45) is 0 Å². The highest BCUT2D eigenvalue weighted by Crippen LogP contribution is 2.27. The van der Waals surface area contributed by atoms with E-state index in [1.807, 2.05) is 35.7 Å². The molecule has 0 aliphatic carbocycles. The number of anilines is 1. The van der Waals surface area contributed by atoms with Gasteiger partial charge in [-0.25, -0.2) is 13.8 Å². The van der Waals surface area contributed by atoms with Gasteiger partial charge in [0.2, 0.25) is 5.91 Å². The standard InChI is InChI=1S/C19H16F2N2OS2/c1-12(18(24)23-17-15(20)8-5-9-16(17)21)25-10-14-11-26-19(22-14)13-6-3-2-4-7-13/h2-9,11-12H,10H2,1H3,(H,23,24). The van der Waals surface area contributed by atoms with Gasteiger partial charge in [-0.15, -0.1) is 23.1 Å². The third-order valence-corrected chi connectivity index (χ3v) is 5.75. The Morgan fingerprint density at radius 3 is 2.54 bits per heavy atom. The van der Waals surface area contributed by atoms with Crippen LogP contribution in [0.5, 0.6) is 0 Å². The van der Waals surface area contributed by atoms with E-state index in [1.165, 1.54) is 17.8 Å². The fourth-order valence-electron chi connectivity index (χ4n) is 2.21. The summed E-state index contributed by atoms with van der Waals surface area (Å²) in [5.41, 5.74) is 1.51. The lowest BCUT2D eigenvalue weighted by Crippen LogP contribution is -2.23. The molecule has 1 N–H and O–H groups in total. The van der Waals surface area contributed by atoms with Crippen molar-refractivity contribution in [2.45, 2.75) is 17.9 Å². The minimum Gasteiger partial charge on any atom is -0.320 e. The predicted molar refractivity (Wildman–Crippen MR) is 103 cm³/mol. The molecule has 0 spiro atoms. The Bertz CT molecular complexity index is 879. The molecule has 0 radical (unpaired) electrons. The third-order valence-electron chi connectivity index (χ3n) is 3.63. The van der Waals surface area contributed by atoms with Crippen LogP contribution < -0.4 is 5.32 Å². The third kappa shape index (κ3) is 4.47. The van der Waals surface area contributed by atoms with Crippen LogP contribution in [0.4, 0.5) is 14.5 Å². The first-order chi connectivity index (χ1) is 12.5. The maximum atomic E-state index is 13.6. The summed E-state index contributed by atoms with van der Waals surface area (Å²) < 4.78 is 27.2. The summed E-state index contributed by atoms with van der Waals surface area (Å²) in [5, 5.41) is 4.72. The van der Waals surface area contributed by atoms with E-state index in [4.69, 9.17) is 0 Å². The number of rotatable bonds is 6. The first-order valence-corrected chi connectivity index (χ1v) is 9.83. The fraction of sp³-hybridized carbons (Fsp3) is 0.158. The van der Waals surface area contributed by atoms with Crippen LogP contribution in [0.1, 0.15) is 12.6 Å². The Hall–Kier alpha value is -2.25. The molecule has 26 heavy (non-hydrogen) atoms. The van der Waals surface area contributed by atoms with Gasteiger partial charge in [0.05, 0.1) is 10.9 Å². The van der Waals surface area contributed by atoms with Gasteiger partial charge in [0, 0.05) is 16.7 Å². The molecular weight excluding hydrogens is 374 g/mol. The predicted octanol–water partition coefficient (Wildman–Crippen LogP) is 5.35. The smallest absolute Gasteiger partial charge is 0.237 e. The van der Waals surface area contributed by atoms with Gasteiger partial charge in [0.15, 0.2) is 0 Å². The minimum atomic E-state index is -0.789. The van der Waals surface area contributed by atoms with Gasteiger partial charge >= 0.3 is 0 Å². The van der Waals surface area contributed by atoms with Crippen molar-refractivity contribution in [3.05, 3.63) is 71.2 Å². The molecule has 0 fully saturated rings. The Kier molecular flexibility index (Phi) is 6.00. The normalized spacial score (nSPS) is 12.0. The highest BCUT2D eigenvalue weighted by atomic mass is 32.2. The summed E-state index contributed by atoms with van der Waals surface area (Å²) in [6.07, 6.45) is 0. The number of benzene rings is 2. The van der Waals surface area contributed by atoms with E-state index in [2.05, 4.69) is 10.3 Å². The van der Waals surface area contributed by atoms with E-state index >= 15 is 0 Å². The summed E-state index contributed by atoms with van der Waals surface area (Å²) in [6.45, 7) is 1.70. The first kappa shape index (κ1) is 18.5. The molecule has 134 valence electrons. The summed E-state index contributed by atoms with van der Waals surface area (Å²) in [4.78, 5) is 16.8. The minimum absolute atomic E-state index is 0.412. The second kappa shape index (κ2) is 8.42. The molecule has 0 saturated carbocycles. The van der Waals surface area contributed by atoms with Crippen molar-refractivity contribution in [3.8, 4) is 10.6 Å². The van der Waals surface area contributed by atoms with Gasteiger partial charge < -0.3 is 5.32 Å². The molecule has 1 unspecified atom stereocenters. The number of amides is 1. The molecule has 1 heterocycles. The zero-order valence-electron chi connectivity index (χ0n) is 13.9. The molecule has 0 aliphatic rings. The van der Waals surface area contributed by atoms with E-state index in [1.54, 1.807) is 18.3 Å². The molecular formula is C19H16F2N2OS2. The first-order valence-electron chi connectivity index (χ1n) is 7.91. The molecule has 1 amide bonds. The molecule has 3 aromatic rings. The van der Waals surface area contributed by atoms with Crippen molar-refractivity contribution in [2.75, 3.05) is 5.32 Å². The molecule has 3 nitrogen and oxygen atoms in total. The molecule has 3 rings (SSSR count). The van der Waals surface area contributed by atoms with Gasteiger partial charge in [0.25, 0.3) is 0 Å². The van der Waals surface area contributed by atoms with Crippen molar-refractivity contribution >= 4 is 34.7 Å². The Morgan fingerprint density at radius 2 is 1.85 bits per heavy atom. The van der Waals surface area contributed by atoms with Gasteiger partial charge in [-0.1, -0.05) is 36.4 Å². The van der Waals surface area contributed by atoms with Crippen LogP contribution >= 0.6 is 23.1 Å². The quantitative estimate of drug-likeness (QED) is 0.617. The maximum Gasteiger partial charge on any atom is 0.237 e. The Labute approximate surface area is 158 Å². The van der Waals surface area contributed by atoms with Crippen molar-refractivity contribution < 1.29 is 13.6 Å². The Balaban J connectivity index is 1.58. The number of hydrogen-bond donors (Lipinski definition) is 1. The maximum absolute atomic E-state index is 13.6. The molecule has 7 heteroatoms. The van der Waals surface area contributed by atoms with Gasteiger partial charge in [-0.3, -0.25) is 4.79 Å². The fourth-order valence-corrected chi connectivity index (χ4v) is 3.92. The number of carbonyl (C=O) groups excluding carboxylic acids is 1. The topological polar surface area (TPSA) is 42.0 Å². The van der Waals surface area contributed by atoms with Crippen LogP contribution in [0.15, 0.2) is 53.9 Å². The van der Waals surface area contributed by atoms with E-state index < -0.39 is 28.5 Å². The lowest BCUT2D eigenvalue weighted by atomic mass is 10.2. The van der Waals surface area contributed by atoms with E-state index in [0.717, 1.165) is 28.4 Å². The molecule has 0 saturated heterocycles. The highest BCUT2D eigenvalue weighted by Gasteiger charge is 2.18. The molecule has 0 bridgehead atoms. The van der Waals surface area contributed by atoms with Gasteiger partial charge in [0.1, 0.15) is 22.3 Å². The number of nitrogens with one attached hydrogen (secondary N) is 1. The number of aromatic nitrogens is 1. The molecule has 2 aromatic carbocycles. The average molecular weight is 390 g/mol. The molecule has 1 aromatic heterocycles. The monoisotopic (exact) mass is 390 g/mol. The highest BCUT2D eigenvalue weighted by molar-refractivity contribution is 7.99. The van der Waals surface area contributed by atoms with E-state index in [-0.39, 0.29) is 0 Å². The average Bonchev–Trinajstić information content (AvgIpc) is 3.12. The van der Waals surface area contributed by atoms with E-state index in [9.17, 15) is 13.6 Å². The lowest BCUT2D eigenvalue weighted by molar-refractivity contribution is -0.115. The molecule has 0 aliphatic heterocycles. The number of para-hydroxylation sites is 1. The lowest BCUT2D eigenvalue weighted by Gasteiger charge is -2.12. The summed E-state index contributed by atoms with van der Waals surface area (Å²) in [5.74, 6) is -1.49.